The minimum absolute atomic E-state index is 0.0762. The van der Waals surface area contributed by atoms with Crippen LogP contribution in [0.2, 0.25) is 0 Å². The smallest absolute Gasteiger partial charge is 0.227 e. The fraction of sp³-hybridized carbons (Fsp3) is 0.500. The molecule has 0 aromatic heterocycles. The van der Waals surface area contributed by atoms with Gasteiger partial charge in [0.15, 0.2) is 11.6 Å². The van der Waals surface area contributed by atoms with Gasteiger partial charge in [-0.05, 0) is 36.5 Å². The summed E-state index contributed by atoms with van der Waals surface area (Å²) in [6.07, 6.45) is 2.40. The second-order valence-electron chi connectivity index (χ2n) is 5.68. The molecule has 1 aliphatic heterocycles. The third-order valence-electron chi connectivity index (χ3n) is 4.05. The topological polar surface area (TPSA) is 46.3 Å². The molecule has 0 spiro atoms. The van der Waals surface area contributed by atoms with Crippen LogP contribution in [0, 0.1) is 17.6 Å². The van der Waals surface area contributed by atoms with E-state index in [-0.39, 0.29) is 17.9 Å². The number of halogens is 2. The van der Waals surface area contributed by atoms with Crippen molar-refractivity contribution >= 4 is 5.91 Å². The number of benzene rings is 1. The Morgan fingerprint density at radius 1 is 1.32 bits per heavy atom. The number of hydrogen-bond donors (Lipinski definition) is 1. The molecule has 102 valence electrons. The van der Waals surface area contributed by atoms with Crippen LogP contribution in [0.25, 0.3) is 0 Å². The zero-order valence-corrected chi connectivity index (χ0v) is 10.5. The van der Waals surface area contributed by atoms with Crippen molar-refractivity contribution in [1.29, 1.82) is 0 Å². The summed E-state index contributed by atoms with van der Waals surface area (Å²) in [7, 11) is 0. The van der Waals surface area contributed by atoms with Crippen LogP contribution < -0.4 is 5.73 Å². The first-order chi connectivity index (χ1) is 8.98. The van der Waals surface area contributed by atoms with Crippen molar-refractivity contribution in [2.24, 2.45) is 11.7 Å². The van der Waals surface area contributed by atoms with E-state index in [0.29, 0.717) is 24.6 Å². The molecule has 1 aromatic rings. The maximum atomic E-state index is 13.0. The van der Waals surface area contributed by atoms with Gasteiger partial charge in [0.1, 0.15) is 0 Å². The predicted molar refractivity (Wildman–Crippen MR) is 66.3 cm³/mol. The Labute approximate surface area is 110 Å². The fourth-order valence-corrected chi connectivity index (χ4v) is 2.69. The summed E-state index contributed by atoms with van der Waals surface area (Å²) in [5, 5.41) is 0. The molecular formula is C14H16F2N2O. The Morgan fingerprint density at radius 2 is 2.00 bits per heavy atom. The van der Waals surface area contributed by atoms with Crippen LogP contribution >= 0.6 is 0 Å². The van der Waals surface area contributed by atoms with Gasteiger partial charge in [-0.2, -0.15) is 0 Å². The number of likely N-dealkylation sites (tertiary alicyclic amines) is 1. The highest BCUT2D eigenvalue weighted by Crippen LogP contribution is 2.43. The molecule has 0 unspecified atom stereocenters. The quantitative estimate of drug-likeness (QED) is 0.900. The first kappa shape index (κ1) is 12.5. The molecule has 3 nitrogen and oxygen atoms in total. The molecule has 1 saturated heterocycles. The Balaban J connectivity index is 1.58. The third-order valence-corrected chi connectivity index (χ3v) is 4.05. The van der Waals surface area contributed by atoms with Gasteiger partial charge in [-0.25, -0.2) is 8.78 Å². The lowest BCUT2D eigenvalue weighted by Crippen LogP contribution is -2.70. The van der Waals surface area contributed by atoms with E-state index in [0.717, 1.165) is 25.0 Å². The van der Waals surface area contributed by atoms with Crippen molar-refractivity contribution in [3.05, 3.63) is 35.4 Å². The van der Waals surface area contributed by atoms with Crippen molar-refractivity contribution in [3.8, 4) is 0 Å². The van der Waals surface area contributed by atoms with E-state index >= 15 is 0 Å². The van der Waals surface area contributed by atoms with Crippen LogP contribution in [-0.4, -0.2) is 29.4 Å². The van der Waals surface area contributed by atoms with E-state index in [4.69, 9.17) is 5.73 Å². The van der Waals surface area contributed by atoms with E-state index < -0.39 is 11.6 Å². The molecule has 1 aliphatic carbocycles. The number of carbonyl (C=O) groups is 1. The molecule has 0 radical (unpaired) electrons. The first-order valence-corrected chi connectivity index (χ1v) is 6.48. The summed E-state index contributed by atoms with van der Waals surface area (Å²) in [4.78, 5) is 13.7. The highest BCUT2D eigenvalue weighted by molar-refractivity contribution is 5.80. The van der Waals surface area contributed by atoms with Gasteiger partial charge in [-0.1, -0.05) is 6.07 Å². The van der Waals surface area contributed by atoms with Crippen molar-refractivity contribution in [2.45, 2.75) is 24.8 Å². The van der Waals surface area contributed by atoms with Crippen LogP contribution in [-0.2, 0) is 11.2 Å². The van der Waals surface area contributed by atoms with Crippen LogP contribution in [0.5, 0.6) is 0 Å². The molecule has 0 bridgehead atoms. The van der Waals surface area contributed by atoms with Crippen molar-refractivity contribution in [2.75, 3.05) is 13.1 Å². The predicted octanol–water partition coefficient (Wildman–Crippen LogP) is 1.46. The second kappa shape index (κ2) is 4.27. The van der Waals surface area contributed by atoms with Crippen molar-refractivity contribution in [3.63, 3.8) is 0 Å². The van der Waals surface area contributed by atoms with Gasteiger partial charge in [-0.3, -0.25) is 4.79 Å². The minimum Gasteiger partial charge on any atom is -0.339 e. The van der Waals surface area contributed by atoms with E-state index in [2.05, 4.69) is 0 Å². The second-order valence-corrected chi connectivity index (χ2v) is 5.68. The maximum Gasteiger partial charge on any atom is 0.227 e. The molecular weight excluding hydrogens is 250 g/mol. The number of carbonyl (C=O) groups excluding carboxylic acids is 1. The molecule has 0 atom stereocenters. The number of rotatable bonds is 3. The van der Waals surface area contributed by atoms with Gasteiger partial charge >= 0.3 is 0 Å². The van der Waals surface area contributed by atoms with Crippen LogP contribution in [0.4, 0.5) is 8.78 Å². The Hall–Kier alpha value is -1.49. The average molecular weight is 266 g/mol. The van der Waals surface area contributed by atoms with E-state index in [1.165, 1.54) is 6.07 Å². The van der Waals surface area contributed by atoms with E-state index in [9.17, 15) is 13.6 Å². The largest absolute Gasteiger partial charge is 0.339 e. The molecule has 1 heterocycles. The van der Waals surface area contributed by atoms with Crippen molar-refractivity contribution < 1.29 is 13.6 Å². The third kappa shape index (κ3) is 2.34. The Kier molecular flexibility index (Phi) is 2.82. The van der Waals surface area contributed by atoms with Gasteiger partial charge in [0.25, 0.3) is 0 Å². The normalized spacial score (nSPS) is 21.1. The molecule has 2 aliphatic rings. The maximum absolute atomic E-state index is 13.0. The Morgan fingerprint density at radius 3 is 2.58 bits per heavy atom. The zero-order valence-electron chi connectivity index (χ0n) is 10.5. The summed E-state index contributed by atoms with van der Waals surface area (Å²) in [5.41, 5.74) is 6.46. The van der Waals surface area contributed by atoms with E-state index in [1.54, 1.807) is 4.90 Å². The molecule has 2 N–H and O–H groups in total. The number of nitrogens with two attached hydrogens (primary N) is 1. The monoisotopic (exact) mass is 266 g/mol. The lowest BCUT2D eigenvalue weighted by atomic mass is 9.85. The summed E-state index contributed by atoms with van der Waals surface area (Å²) in [5.74, 6) is -1.33. The first-order valence-electron chi connectivity index (χ1n) is 6.48. The summed E-state index contributed by atoms with van der Waals surface area (Å²) in [6.45, 7) is 1.17. The van der Waals surface area contributed by atoms with Crippen LogP contribution in [0.3, 0.4) is 0 Å². The summed E-state index contributed by atoms with van der Waals surface area (Å²) >= 11 is 0. The van der Waals surface area contributed by atoms with Gasteiger partial charge in [-0.15, -0.1) is 0 Å². The van der Waals surface area contributed by atoms with Gasteiger partial charge in [0.05, 0.1) is 12.0 Å². The number of hydrogen-bond acceptors (Lipinski definition) is 2. The van der Waals surface area contributed by atoms with Crippen LogP contribution in [0.15, 0.2) is 18.2 Å². The average Bonchev–Trinajstić information content (AvgIpc) is 3.14. The minimum atomic E-state index is -0.917. The molecule has 1 amide bonds. The molecule has 3 rings (SSSR count). The zero-order chi connectivity index (χ0) is 13.6. The molecule has 1 aromatic carbocycles. The highest BCUT2D eigenvalue weighted by atomic mass is 19.2. The molecule has 1 saturated carbocycles. The lowest BCUT2D eigenvalue weighted by molar-refractivity contribution is -0.138. The Bertz CT molecular complexity index is 522. The fourth-order valence-electron chi connectivity index (χ4n) is 2.69. The molecule has 5 heteroatoms. The number of nitrogens with zero attached hydrogens (tertiary/aromatic N) is 1. The van der Waals surface area contributed by atoms with Gasteiger partial charge < -0.3 is 10.6 Å². The van der Waals surface area contributed by atoms with Crippen LogP contribution in [0.1, 0.15) is 18.4 Å². The molecule has 19 heavy (non-hydrogen) atoms. The van der Waals surface area contributed by atoms with E-state index in [1.807, 2.05) is 0 Å². The van der Waals surface area contributed by atoms with Crippen molar-refractivity contribution in [1.82, 2.24) is 4.90 Å². The molecule has 2 fully saturated rings. The lowest BCUT2D eigenvalue weighted by Gasteiger charge is -2.48. The highest BCUT2D eigenvalue weighted by Gasteiger charge is 2.51. The SMILES string of the molecule is NC1(C2CC2)CN(C(=O)Cc2ccc(F)c(F)c2)C1. The summed E-state index contributed by atoms with van der Waals surface area (Å²) < 4.78 is 25.8. The number of amides is 1. The summed E-state index contributed by atoms with van der Waals surface area (Å²) in [6, 6.07) is 3.56. The van der Waals surface area contributed by atoms with Gasteiger partial charge in [0, 0.05) is 13.1 Å². The van der Waals surface area contributed by atoms with Gasteiger partial charge in [0.2, 0.25) is 5.91 Å². The standard InChI is InChI=1S/C14H16F2N2O/c15-11-4-1-9(5-12(11)16)6-13(19)18-7-14(17,8-18)10-2-3-10/h1,4-5,10H,2-3,6-8,17H2.